The summed E-state index contributed by atoms with van der Waals surface area (Å²) in [6, 6.07) is 19.2. The van der Waals surface area contributed by atoms with Gasteiger partial charge in [-0.3, -0.25) is 0 Å². The predicted molar refractivity (Wildman–Crippen MR) is 106 cm³/mol. The van der Waals surface area contributed by atoms with Crippen molar-refractivity contribution >= 4 is 5.69 Å². The number of hydrogen-bond acceptors (Lipinski definition) is 3. The average molecular weight is 338 g/mol. The van der Waals surface area contributed by atoms with Gasteiger partial charge in [0.15, 0.2) is 0 Å². The van der Waals surface area contributed by atoms with Crippen LogP contribution in [0.3, 0.4) is 0 Å². The van der Waals surface area contributed by atoms with Gasteiger partial charge in [-0.05, 0) is 74.5 Å². The number of aryl methyl sites for hydroxylation is 1. The summed E-state index contributed by atoms with van der Waals surface area (Å²) in [7, 11) is 1.72. The Morgan fingerprint density at radius 2 is 1.72 bits per heavy atom. The van der Waals surface area contributed by atoms with Crippen molar-refractivity contribution in [1.29, 1.82) is 0 Å². The monoisotopic (exact) mass is 338 g/mol. The van der Waals surface area contributed by atoms with E-state index in [-0.39, 0.29) is 0 Å². The van der Waals surface area contributed by atoms with Crippen LogP contribution in [-0.2, 0) is 6.42 Å². The average Bonchev–Trinajstić information content (AvgIpc) is 2.69. The minimum Gasteiger partial charge on any atom is -0.497 e. The largest absolute Gasteiger partial charge is 0.497 e. The predicted octanol–water partition coefficient (Wildman–Crippen LogP) is 4.13. The van der Waals surface area contributed by atoms with Crippen LogP contribution in [0, 0.1) is 5.92 Å². The van der Waals surface area contributed by atoms with Crippen LogP contribution >= 0.6 is 0 Å². The third kappa shape index (κ3) is 5.50. The number of rotatable bonds is 8. The zero-order valence-electron chi connectivity index (χ0n) is 15.3. The molecule has 3 heteroatoms. The molecule has 1 aliphatic heterocycles. The molecule has 1 aliphatic rings. The summed E-state index contributed by atoms with van der Waals surface area (Å²) in [6.45, 7) is 4.59. The van der Waals surface area contributed by atoms with E-state index < -0.39 is 0 Å². The number of nitrogens with zero attached hydrogens (tertiary/aromatic N) is 1. The minimum absolute atomic E-state index is 0.811. The third-order valence-corrected chi connectivity index (χ3v) is 5.15. The molecule has 134 valence electrons. The van der Waals surface area contributed by atoms with Crippen LogP contribution in [0.25, 0.3) is 0 Å². The molecule has 0 amide bonds. The molecule has 2 aromatic rings. The molecular weight excluding hydrogens is 308 g/mol. The lowest BCUT2D eigenvalue weighted by atomic mass is 9.96. The minimum atomic E-state index is 0.811. The van der Waals surface area contributed by atoms with E-state index in [2.05, 4.69) is 64.8 Å². The fourth-order valence-corrected chi connectivity index (χ4v) is 3.56. The smallest absolute Gasteiger partial charge is 0.119 e. The molecule has 3 nitrogen and oxygen atoms in total. The van der Waals surface area contributed by atoms with Gasteiger partial charge in [0.25, 0.3) is 0 Å². The Kier molecular flexibility index (Phi) is 6.75. The van der Waals surface area contributed by atoms with Gasteiger partial charge in [0.2, 0.25) is 0 Å². The normalized spacial score (nSPS) is 15.3. The van der Waals surface area contributed by atoms with Crippen LogP contribution in [0.5, 0.6) is 5.75 Å². The summed E-state index contributed by atoms with van der Waals surface area (Å²) in [6.07, 6.45) is 4.94. The molecule has 0 saturated carbocycles. The molecule has 0 spiro atoms. The molecule has 1 N–H and O–H groups in total. The first-order valence-electron chi connectivity index (χ1n) is 9.49. The van der Waals surface area contributed by atoms with Crippen molar-refractivity contribution in [3.63, 3.8) is 0 Å². The van der Waals surface area contributed by atoms with Gasteiger partial charge in [0, 0.05) is 18.8 Å². The highest BCUT2D eigenvalue weighted by molar-refractivity contribution is 5.49. The maximum absolute atomic E-state index is 5.24. The Balaban J connectivity index is 1.31. The van der Waals surface area contributed by atoms with Crippen molar-refractivity contribution in [2.45, 2.75) is 25.7 Å². The summed E-state index contributed by atoms with van der Waals surface area (Å²) >= 11 is 0. The van der Waals surface area contributed by atoms with Gasteiger partial charge >= 0.3 is 0 Å². The van der Waals surface area contributed by atoms with E-state index in [1.165, 1.54) is 36.9 Å². The Morgan fingerprint density at radius 1 is 1.00 bits per heavy atom. The first kappa shape index (κ1) is 17.8. The second-order valence-electron chi connectivity index (χ2n) is 6.92. The van der Waals surface area contributed by atoms with E-state index in [4.69, 9.17) is 4.74 Å². The lowest BCUT2D eigenvalue weighted by Gasteiger charge is -2.33. The molecular formula is C22H30N2O. The second-order valence-corrected chi connectivity index (χ2v) is 6.92. The molecule has 0 unspecified atom stereocenters. The first-order chi connectivity index (χ1) is 12.3. The summed E-state index contributed by atoms with van der Waals surface area (Å²) in [5.41, 5.74) is 2.76. The maximum Gasteiger partial charge on any atom is 0.119 e. The highest BCUT2D eigenvalue weighted by Crippen LogP contribution is 2.24. The highest BCUT2D eigenvalue weighted by atomic mass is 16.5. The number of anilines is 1. The number of benzene rings is 2. The molecule has 0 atom stereocenters. The van der Waals surface area contributed by atoms with Gasteiger partial charge in [0.05, 0.1) is 7.11 Å². The van der Waals surface area contributed by atoms with Gasteiger partial charge in [-0.2, -0.15) is 0 Å². The van der Waals surface area contributed by atoms with Gasteiger partial charge < -0.3 is 15.0 Å². The van der Waals surface area contributed by atoms with Crippen molar-refractivity contribution in [1.82, 2.24) is 5.32 Å². The van der Waals surface area contributed by atoms with Crippen LogP contribution < -0.4 is 15.0 Å². The van der Waals surface area contributed by atoms with E-state index in [1.54, 1.807) is 7.11 Å². The SMILES string of the molecule is COc1ccc(N2CCC(CNCCCc3ccccc3)CC2)cc1. The first-order valence-corrected chi connectivity index (χ1v) is 9.49. The van der Waals surface area contributed by atoms with Crippen molar-refractivity contribution in [3.8, 4) is 5.75 Å². The molecule has 2 aromatic carbocycles. The Labute approximate surface area is 152 Å². The van der Waals surface area contributed by atoms with E-state index in [0.717, 1.165) is 37.8 Å². The van der Waals surface area contributed by atoms with Crippen molar-refractivity contribution in [2.75, 3.05) is 38.2 Å². The number of piperidine rings is 1. The molecule has 0 aliphatic carbocycles. The molecule has 3 rings (SSSR count). The molecule has 25 heavy (non-hydrogen) atoms. The number of hydrogen-bond donors (Lipinski definition) is 1. The van der Waals surface area contributed by atoms with Crippen LogP contribution in [-0.4, -0.2) is 33.3 Å². The second kappa shape index (κ2) is 9.47. The van der Waals surface area contributed by atoms with E-state index in [9.17, 15) is 0 Å². The summed E-state index contributed by atoms with van der Waals surface area (Å²) in [5, 5.41) is 3.66. The van der Waals surface area contributed by atoms with Crippen molar-refractivity contribution < 1.29 is 4.74 Å². The number of methoxy groups -OCH3 is 1. The zero-order valence-corrected chi connectivity index (χ0v) is 15.3. The summed E-state index contributed by atoms with van der Waals surface area (Å²) < 4.78 is 5.24. The van der Waals surface area contributed by atoms with Crippen molar-refractivity contribution in [2.24, 2.45) is 5.92 Å². The van der Waals surface area contributed by atoms with Crippen LogP contribution in [0.1, 0.15) is 24.8 Å². The molecule has 1 heterocycles. The fourth-order valence-electron chi connectivity index (χ4n) is 3.56. The maximum atomic E-state index is 5.24. The Morgan fingerprint density at radius 3 is 2.40 bits per heavy atom. The number of ether oxygens (including phenoxy) is 1. The Hall–Kier alpha value is -2.00. The quantitative estimate of drug-likeness (QED) is 0.732. The van der Waals surface area contributed by atoms with Gasteiger partial charge in [-0.25, -0.2) is 0 Å². The Bertz CT molecular complexity index is 604. The van der Waals surface area contributed by atoms with E-state index >= 15 is 0 Å². The van der Waals surface area contributed by atoms with Gasteiger partial charge in [-0.1, -0.05) is 30.3 Å². The lowest BCUT2D eigenvalue weighted by Crippen LogP contribution is -2.37. The number of nitrogens with one attached hydrogen (secondary N) is 1. The zero-order chi connectivity index (χ0) is 17.3. The molecule has 1 fully saturated rings. The lowest BCUT2D eigenvalue weighted by molar-refractivity contribution is 0.382. The topological polar surface area (TPSA) is 24.5 Å². The van der Waals surface area contributed by atoms with Crippen molar-refractivity contribution in [3.05, 3.63) is 60.2 Å². The molecule has 0 aromatic heterocycles. The van der Waals surface area contributed by atoms with Crippen LogP contribution in [0.4, 0.5) is 5.69 Å². The van der Waals surface area contributed by atoms with E-state index in [1.807, 2.05) is 0 Å². The van der Waals surface area contributed by atoms with Crippen LogP contribution in [0.2, 0.25) is 0 Å². The summed E-state index contributed by atoms with van der Waals surface area (Å²) in [4.78, 5) is 2.49. The standard InChI is InChI=1S/C22H30N2O/c1-25-22-11-9-21(10-12-22)24-16-13-20(14-17-24)18-23-15-5-8-19-6-3-2-4-7-19/h2-4,6-7,9-12,20,23H,5,8,13-18H2,1H3. The van der Waals surface area contributed by atoms with Crippen LogP contribution in [0.15, 0.2) is 54.6 Å². The molecule has 1 saturated heterocycles. The molecule has 0 bridgehead atoms. The summed E-state index contributed by atoms with van der Waals surface area (Å²) in [5.74, 6) is 1.74. The van der Waals surface area contributed by atoms with Gasteiger partial charge in [0.1, 0.15) is 5.75 Å². The molecule has 0 radical (unpaired) electrons. The van der Waals surface area contributed by atoms with E-state index in [0.29, 0.717) is 0 Å². The van der Waals surface area contributed by atoms with Gasteiger partial charge in [-0.15, -0.1) is 0 Å². The third-order valence-electron chi connectivity index (χ3n) is 5.15. The fraction of sp³-hybridized carbons (Fsp3) is 0.455. The highest BCUT2D eigenvalue weighted by Gasteiger charge is 2.19.